The Kier molecular flexibility index (Phi) is 8.25. The molecule has 1 atom stereocenters. The van der Waals surface area contributed by atoms with Gasteiger partial charge in [-0.1, -0.05) is 36.8 Å². The fraction of sp³-hybridized carbons (Fsp3) is 0.458. The minimum atomic E-state index is -4.64. The van der Waals surface area contributed by atoms with Gasteiger partial charge in [-0.2, -0.15) is 13.2 Å². The van der Waals surface area contributed by atoms with Crippen molar-refractivity contribution in [3.8, 4) is 0 Å². The number of anilines is 1. The molecule has 1 aliphatic heterocycles. The van der Waals surface area contributed by atoms with E-state index >= 15 is 0 Å². The first-order valence-corrected chi connectivity index (χ1v) is 13.0. The van der Waals surface area contributed by atoms with Crippen LogP contribution in [0.2, 0.25) is 0 Å². The van der Waals surface area contributed by atoms with Gasteiger partial charge in [0.25, 0.3) is 0 Å². The number of benzene rings is 2. The molecule has 1 aliphatic rings. The first-order valence-electron chi connectivity index (χ1n) is 11.2. The van der Waals surface area contributed by atoms with Crippen LogP contribution in [0, 0.1) is 0 Å². The zero-order valence-electron chi connectivity index (χ0n) is 19.3. The molecule has 0 saturated carbocycles. The number of nitrogens with zero attached hydrogens (tertiary/aromatic N) is 2. The minimum Gasteiger partial charge on any atom is -0.350 e. The van der Waals surface area contributed by atoms with Crippen LogP contribution in [0.3, 0.4) is 0 Å². The maximum Gasteiger partial charge on any atom is 0.416 e. The molecule has 1 N–H and O–H groups in total. The highest BCUT2D eigenvalue weighted by atomic mass is 32.2. The van der Waals surface area contributed by atoms with Crippen LogP contribution in [0.15, 0.2) is 48.5 Å². The molecule has 1 heterocycles. The number of sulfonamides is 1. The lowest BCUT2D eigenvalue weighted by atomic mass is 10.0. The SMILES string of the molecule is C[C@H](C(=O)NCc1ccccc1CN1CCCCC1)N(c1cccc(C(F)(F)F)c1)S(C)(=O)=O. The average molecular weight is 498 g/mol. The Hall–Kier alpha value is -2.59. The molecule has 1 saturated heterocycles. The summed E-state index contributed by atoms with van der Waals surface area (Å²) in [6.45, 7) is 4.36. The van der Waals surface area contributed by atoms with E-state index in [9.17, 15) is 26.4 Å². The van der Waals surface area contributed by atoms with Crippen molar-refractivity contribution in [3.05, 3.63) is 65.2 Å². The number of carbonyl (C=O) groups excluding carboxylic acids is 1. The molecule has 6 nitrogen and oxygen atoms in total. The van der Waals surface area contributed by atoms with Crippen molar-refractivity contribution in [1.29, 1.82) is 0 Å². The number of piperidine rings is 1. The number of carbonyl (C=O) groups is 1. The molecular weight excluding hydrogens is 467 g/mol. The molecule has 0 spiro atoms. The van der Waals surface area contributed by atoms with Crippen LogP contribution >= 0.6 is 0 Å². The maximum absolute atomic E-state index is 13.2. The Labute approximate surface area is 198 Å². The van der Waals surface area contributed by atoms with Crippen LogP contribution in [-0.2, 0) is 34.1 Å². The van der Waals surface area contributed by atoms with Crippen molar-refractivity contribution in [1.82, 2.24) is 10.2 Å². The number of nitrogens with one attached hydrogen (secondary N) is 1. The molecule has 186 valence electrons. The zero-order valence-corrected chi connectivity index (χ0v) is 20.1. The van der Waals surface area contributed by atoms with Gasteiger partial charge in [0, 0.05) is 13.1 Å². The number of hydrogen-bond donors (Lipinski definition) is 1. The van der Waals surface area contributed by atoms with E-state index < -0.39 is 33.7 Å². The number of alkyl halides is 3. The average Bonchev–Trinajstić information content (AvgIpc) is 2.78. The molecule has 2 aromatic carbocycles. The second-order valence-corrected chi connectivity index (χ2v) is 10.5. The van der Waals surface area contributed by atoms with E-state index in [2.05, 4.69) is 10.2 Å². The summed E-state index contributed by atoms with van der Waals surface area (Å²) in [7, 11) is -4.04. The number of hydrogen-bond acceptors (Lipinski definition) is 4. The number of likely N-dealkylation sites (tertiary alicyclic amines) is 1. The van der Waals surface area contributed by atoms with E-state index in [1.165, 1.54) is 19.4 Å². The smallest absolute Gasteiger partial charge is 0.350 e. The second kappa shape index (κ2) is 10.8. The molecule has 0 radical (unpaired) electrons. The van der Waals surface area contributed by atoms with Gasteiger partial charge in [-0.05, 0) is 62.2 Å². The van der Waals surface area contributed by atoms with E-state index in [-0.39, 0.29) is 12.2 Å². The number of halogens is 3. The predicted molar refractivity (Wildman–Crippen MR) is 126 cm³/mol. The third kappa shape index (κ3) is 6.73. The van der Waals surface area contributed by atoms with Crippen molar-refractivity contribution in [2.75, 3.05) is 23.7 Å². The van der Waals surface area contributed by atoms with Crippen LogP contribution in [0.1, 0.15) is 42.9 Å². The van der Waals surface area contributed by atoms with Gasteiger partial charge in [0.05, 0.1) is 17.5 Å². The fourth-order valence-corrected chi connectivity index (χ4v) is 5.37. The van der Waals surface area contributed by atoms with Gasteiger partial charge in [0.15, 0.2) is 0 Å². The largest absolute Gasteiger partial charge is 0.416 e. The molecule has 0 aliphatic carbocycles. The highest BCUT2D eigenvalue weighted by Gasteiger charge is 2.34. The molecule has 0 aromatic heterocycles. The molecule has 10 heteroatoms. The van der Waals surface area contributed by atoms with E-state index in [0.29, 0.717) is 0 Å². The predicted octanol–water partition coefficient (Wildman–Crippen LogP) is 4.16. The van der Waals surface area contributed by atoms with Crippen molar-refractivity contribution < 1.29 is 26.4 Å². The molecule has 0 unspecified atom stereocenters. The number of amides is 1. The van der Waals surface area contributed by atoms with Gasteiger partial charge in [-0.25, -0.2) is 8.42 Å². The number of rotatable bonds is 8. The van der Waals surface area contributed by atoms with Gasteiger partial charge in [-0.3, -0.25) is 14.0 Å². The van der Waals surface area contributed by atoms with Gasteiger partial charge in [0.1, 0.15) is 6.04 Å². The quantitative estimate of drug-likeness (QED) is 0.595. The first-order chi connectivity index (χ1) is 16.0. The van der Waals surface area contributed by atoms with Crippen molar-refractivity contribution in [2.45, 2.75) is 51.5 Å². The lowest BCUT2D eigenvalue weighted by Gasteiger charge is -2.29. The van der Waals surface area contributed by atoms with E-state index in [0.717, 1.165) is 72.4 Å². The lowest BCUT2D eigenvalue weighted by molar-refractivity contribution is -0.137. The van der Waals surface area contributed by atoms with Gasteiger partial charge >= 0.3 is 6.18 Å². The third-order valence-electron chi connectivity index (χ3n) is 5.93. The molecule has 1 amide bonds. The summed E-state index contributed by atoms with van der Waals surface area (Å²) in [6, 6.07) is 10.4. The summed E-state index contributed by atoms with van der Waals surface area (Å²) < 4.78 is 65.1. The highest BCUT2D eigenvalue weighted by Crippen LogP contribution is 2.32. The second-order valence-electron chi connectivity index (χ2n) is 8.61. The summed E-state index contributed by atoms with van der Waals surface area (Å²) >= 11 is 0. The fourth-order valence-electron chi connectivity index (χ4n) is 4.20. The standard InChI is InChI=1S/C24H30F3N3O3S/c1-18(30(34(2,32)33)22-12-8-11-21(15-22)24(25,26)27)23(31)28-16-19-9-4-5-10-20(19)17-29-13-6-3-7-14-29/h4-5,8-12,15,18H,3,6-7,13-14,16-17H2,1-2H3,(H,28,31)/t18-/m1/s1. The normalized spacial score (nSPS) is 16.1. The van der Waals surface area contributed by atoms with Gasteiger partial charge in [-0.15, -0.1) is 0 Å². The molecule has 34 heavy (non-hydrogen) atoms. The summed E-state index contributed by atoms with van der Waals surface area (Å²) in [5.41, 5.74) is 0.789. The van der Waals surface area contributed by atoms with Crippen LogP contribution in [0.25, 0.3) is 0 Å². The van der Waals surface area contributed by atoms with Crippen LogP contribution in [0.5, 0.6) is 0 Å². The summed E-state index contributed by atoms with van der Waals surface area (Å²) in [4.78, 5) is 15.3. The molecular formula is C24H30F3N3O3S. The van der Waals surface area contributed by atoms with E-state index in [1.807, 2.05) is 24.3 Å². The molecule has 3 rings (SSSR count). The summed E-state index contributed by atoms with van der Waals surface area (Å²) in [6.07, 6.45) is -0.219. The Morgan fingerprint density at radius 3 is 2.32 bits per heavy atom. The van der Waals surface area contributed by atoms with E-state index in [1.54, 1.807) is 0 Å². The van der Waals surface area contributed by atoms with Gasteiger partial charge < -0.3 is 5.32 Å². The monoisotopic (exact) mass is 497 g/mol. The third-order valence-corrected chi connectivity index (χ3v) is 7.17. The van der Waals surface area contributed by atoms with E-state index in [4.69, 9.17) is 0 Å². The van der Waals surface area contributed by atoms with Crippen LogP contribution < -0.4 is 9.62 Å². The topological polar surface area (TPSA) is 69.7 Å². The highest BCUT2D eigenvalue weighted by molar-refractivity contribution is 7.92. The summed E-state index contributed by atoms with van der Waals surface area (Å²) in [5.74, 6) is -0.601. The Bertz CT molecular complexity index is 1100. The van der Waals surface area contributed by atoms with Crippen molar-refractivity contribution in [2.24, 2.45) is 0 Å². The summed E-state index contributed by atoms with van der Waals surface area (Å²) in [5, 5.41) is 2.76. The lowest BCUT2D eigenvalue weighted by Crippen LogP contribution is -2.47. The Balaban J connectivity index is 1.75. The minimum absolute atomic E-state index is 0.188. The van der Waals surface area contributed by atoms with Crippen LogP contribution in [0.4, 0.5) is 18.9 Å². The molecule has 1 fully saturated rings. The zero-order chi connectivity index (χ0) is 24.9. The molecule has 0 bridgehead atoms. The van der Waals surface area contributed by atoms with Crippen LogP contribution in [-0.4, -0.2) is 44.6 Å². The van der Waals surface area contributed by atoms with Gasteiger partial charge in [0.2, 0.25) is 15.9 Å². The first kappa shape index (κ1) is 26.0. The Morgan fingerprint density at radius 1 is 1.06 bits per heavy atom. The molecule has 2 aromatic rings. The van der Waals surface area contributed by atoms with Crippen molar-refractivity contribution >= 4 is 21.6 Å². The Morgan fingerprint density at radius 2 is 1.71 bits per heavy atom. The van der Waals surface area contributed by atoms with Crippen molar-refractivity contribution in [3.63, 3.8) is 0 Å². The maximum atomic E-state index is 13.2.